The van der Waals surface area contributed by atoms with Crippen LogP contribution in [0.4, 0.5) is 0 Å². The van der Waals surface area contributed by atoms with Crippen molar-refractivity contribution in [2.45, 2.75) is 12.8 Å². The van der Waals surface area contributed by atoms with E-state index < -0.39 is 0 Å². The molecule has 0 radical (unpaired) electrons. The van der Waals surface area contributed by atoms with Crippen molar-refractivity contribution in [2.75, 3.05) is 13.4 Å². The molecule has 1 aliphatic carbocycles. The molecule has 0 amide bonds. The van der Waals surface area contributed by atoms with Gasteiger partial charge >= 0.3 is 0 Å². The Kier molecular flexibility index (Phi) is 4.28. The minimum absolute atomic E-state index is 0.0242. The third-order valence-electron chi connectivity index (χ3n) is 2.68. The lowest BCUT2D eigenvalue weighted by molar-refractivity contribution is 0.00987. The van der Waals surface area contributed by atoms with Crippen LogP contribution in [0.25, 0.3) is 0 Å². The fourth-order valence-corrected chi connectivity index (χ4v) is 1.65. The number of nitrogens with two attached hydrogens (primary N) is 1. The zero-order chi connectivity index (χ0) is 13.0. The van der Waals surface area contributed by atoms with Crippen LogP contribution < -0.4 is 10.5 Å². The first-order valence-electron chi connectivity index (χ1n) is 5.68. The van der Waals surface area contributed by atoms with Crippen LogP contribution in [0.15, 0.2) is 23.4 Å². The molecule has 2 rings (SSSR count). The summed E-state index contributed by atoms with van der Waals surface area (Å²) in [5.41, 5.74) is 6.03. The minimum atomic E-state index is -0.0242. The van der Waals surface area contributed by atoms with Crippen LogP contribution >= 0.6 is 11.6 Å². The number of amidine groups is 1. The van der Waals surface area contributed by atoms with Gasteiger partial charge in [-0.1, -0.05) is 16.8 Å². The average molecular weight is 271 g/mol. The first kappa shape index (κ1) is 13.0. The van der Waals surface area contributed by atoms with E-state index in [0.29, 0.717) is 28.9 Å². The van der Waals surface area contributed by atoms with E-state index in [1.807, 2.05) is 0 Å². The van der Waals surface area contributed by atoms with Gasteiger partial charge < -0.3 is 20.4 Å². The molecule has 0 bridgehead atoms. The first-order valence-corrected chi connectivity index (χ1v) is 6.06. The molecule has 6 heteroatoms. The Morgan fingerprint density at radius 1 is 1.50 bits per heavy atom. The molecule has 3 N–H and O–H groups in total. The molecule has 0 aliphatic heterocycles. The van der Waals surface area contributed by atoms with Crippen LogP contribution in [-0.2, 0) is 4.74 Å². The molecule has 0 unspecified atom stereocenters. The molecule has 1 aliphatic rings. The van der Waals surface area contributed by atoms with E-state index >= 15 is 0 Å². The first-order chi connectivity index (χ1) is 8.70. The van der Waals surface area contributed by atoms with Crippen molar-refractivity contribution in [2.24, 2.45) is 16.8 Å². The molecule has 1 fully saturated rings. The zero-order valence-corrected chi connectivity index (χ0v) is 10.6. The number of rotatable bonds is 6. The Labute approximate surface area is 110 Å². The highest BCUT2D eigenvalue weighted by Gasteiger charge is 2.21. The predicted molar refractivity (Wildman–Crippen MR) is 68.1 cm³/mol. The van der Waals surface area contributed by atoms with Gasteiger partial charge in [-0.05, 0) is 37.0 Å². The number of oxime groups is 1. The van der Waals surface area contributed by atoms with Gasteiger partial charge in [0, 0.05) is 5.02 Å². The van der Waals surface area contributed by atoms with Crippen molar-refractivity contribution < 1.29 is 14.7 Å². The van der Waals surface area contributed by atoms with Gasteiger partial charge in [0.1, 0.15) is 5.75 Å². The lowest BCUT2D eigenvalue weighted by Crippen LogP contribution is -2.15. The number of halogens is 1. The molecule has 0 saturated heterocycles. The number of hydrogen-bond donors (Lipinski definition) is 2. The summed E-state index contributed by atoms with van der Waals surface area (Å²) in [5.74, 6) is 1.09. The Hall–Kier alpha value is -1.46. The maximum Gasteiger partial charge on any atom is 0.189 e. The van der Waals surface area contributed by atoms with Crippen molar-refractivity contribution in [1.82, 2.24) is 0 Å². The van der Waals surface area contributed by atoms with Crippen LogP contribution in [0.5, 0.6) is 5.75 Å². The largest absolute Gasteiger partial charge is 0.467 e. The van der Waals surface area contributed by atoms with Gasteiger partial charge in [-0.25, -0.2) is 0 Å². The summed E-state index contributed by atoms with van der Waals surface area (Å²) in [4.78, 5) is 0. The van der Waals surface area contributed by atoms with Crippen molar-refractivity contribution >= 4 is 17.4 Å². The summed E-state index contributed by atoms with van der Waals surface area (Å²) in [6.07, 6.45) is 2.46. The fourth-order valence-electron chi connectivity index (χ4n) is 1.49. The van der Waals surface area contributed by atoms with E-state index in [2.05, 4.69) is 5.16 Å². The quantitative estimate of drug-likeness (QED) is 0.207. The summed E-state index contributed by atoms with van der Waals surface area (Å²) in [5, 5.41) is 12.1. The molecule has 1 saturated carbocycles. The number of nitrogens with zero attached hydrogens (tertiary/aromatic N) is 1. The molecule has 18 heavy (non-hydrogen) atoms. The number of benzene rings is 1. The van der Waals surface area contributed by atoms with Gasteiger partial charge in [-0.3, -0.25) is 0 Å². The van der Waals surface area contributed by atoms with Gasteiger partial charge in [-0.2, -0.15) is 0 Å². The van der Waals surface area contributed by atoms with Crippen molar-refractivity contribution in [1.29, 1.82) is 0 Å². The summed E-state index contributed by atoms with van der Waals surface area (Å²) < 4.78 is 10.8. The van der Waals surface area contributed by atoms with Crippen molar-refractivity contribution in [3.8, 4) is 5.75 Å². The smallest absolute Gasteiger partial charge is 0.189 e. The van der Waals surface area contributed by atoms with Crippen molar-refractivity contribution in [3.63, 3.8) is 0 Å². The number of ether oxygens (including phenoxy) is 2. The van der Waals surface area contributed by atoms with Crippen LogP contribution in [0.3, 0.4) is 0 Å². The van der Waals surface area contributed by atoms with E-state index in [-0.39, 0.29) is 12.6 Å². The predicted octanol–water partition coefficient (Wildman–Crippen LogP) is 2.20. The van der Waals surface area contributed by atoms with Gasteiger partial charge in [0.25, 0.3) is 0 Å². The average Bonchev–Trinajstić information content (AvgIpc) is 3.18. The van der Waals surface area contributed by atoms with E-state index in [0.717, 1.165) is 0 Å². The molecule has 98 valence electrons. The topological polar surface area (TPSA) is 77.1 Å². The van der Waals surface area contributed by atoms with Gasteiger partial charge in [0.15, 0.2) is 12.6 Å². The molecule has 0 atom stereocenters. The van der Waals surface area contributed by atoms with Crippen LogP contribution in [-0.4, -0.2) is 24.4 Å². The van der Waals surface area contributed by atoms with Crippen LogP contribution in [0.1, 0.15) is 18.4 Å². The zero-order valence-electron chi connectivity index (χ0n) is 9.80. The third-order valence-corrected chi connectivity index (χ3v) is 2.91. The Morgan fingerprint density at radius 2 is 2.28 bits per heavy atom. The molecule has 0 aromatic heterocycles. The lowest BCUT2D eigenvalue weighted by atomic mass is 10.2. The fraction of sp³-hybridized carbons (Fsp3) is 0.417. The normalized spacial score (nSPS) is 15.7. The monoisotopic (exact) mass is 270 g/mol. The minimum Gasteiger partial charge on any atom is -0.467 e. The maximum atomic E-state index is 8.68. The second-order valence-electron chi connectivity index (χ2n) is 4.20. The Bertz CT molecular complexity index is 447. The summed E-state index contributed by atoms with van der Waals surface area (Å²) in [7, 11) is 0. The molecular formula is C12H15ClN2O3. The van der Waals surface area contributed by atoms with Crippen LogP contribution in [0.2, 0.25) is 5.02 Å². The molecule has 1 aromatic carbocycles. The van der Waals surface area contributed by atoms with Crippen molar-refractivity contribution in [3.05, 3.63) is 28.8 Å². The molecule has 0 spiro atoms. The standard InChI is InChI=1S/C12H15ClN2O3/c13-9-3-4-10(12(14)15-16)11(5-9)18-7-17-6-8-1-2-8/h3-5,8,16H,1-2,6-7H2,(H2,14,15). The highest BCUT2D eigenvalue weighted by atomic mass is 35.5. The van der Waals surface area contributed by atoms with E-state index in [9.17, 15) is 0 Å². The van der Waals surface area contributed by atoms with Gasteiger partial charge in [-0.15, -0.1) is 0 Å². The summed E-state index contributed by atoms with van der Waals surface area (Å²) >= 11 is 5.87. The van der Waals surface area contributed by atoms with E-state index in [1.165, 1.54) is 12.8 Å². The summed E-state index contributed by atoms with van der Waals surface area (Å²) in [6, 6.07) is 4.88. The van der Waals surface area contributed by atoms with Gasteiger partial charge in [0.2, 0.25) is 0 Å². The Balaban J connectivity index is 1.97. The SMILES string of the molecule is N/C(=N/O)c1ccc(Cl)cc1OCOCC1CC1. The molecular weight excluding hydrogens is 256 g/mol. The van der Waals surface area contributed by atoms with Gasteiger partial charge in [0.05, 0.1) is 12.2 Å². The highest BCUT2D eigenvalue weighted by Crippen LogP contribution is 2.29. The molecule has 0 heterocycles. The second kappa shape index (κ2) is 5.93. The van der Waals surface area contributed by atoms with E-state index in [4.69, 9.17) is 32.0 Å². The second-order valence-corrected chi connectivity index (χ2v) is 4.64. The third kappa shape index (κ3) is 3.51. The highest BCUT2D eigenvalue weighted by molar-refractivity contribution is 6.30. The Morgan fingerprint density at radius 3 is 2.94 bits per heavy atom. The molecule has 5 nitrogen and oxygen atoms in total. The number of hydrogen-bond acceptors (Lipinski definition) is 4. The summed E-state index contributed by atoms with van der Waals surface area (Å²) in [6.45, 7) is 0.835. The van der Waals surface area contributed by atoms with Crippen LogP contribution in [0, 0.1) is 5.92 Å². The van der Waals surface area contributed by atoms with E-state index in [1.54, 1.807) is 18.2 Å². The lowest BCUT2D eigenvalue weighted by Gasteiger charge is -2.11. The maximum absolute atomic E-state index is 8.68. The molecule has 1 aromatic rings.